The molecular weight excluding hydrogens is 292 g/mol. The van der Waals surface area contributed by atoms with Crippen LogP contribution in [0.15, 0.2) is 29.0 Å². The van der Waals surface area contributed by atoms with Crippen LogP contribution in [0.2, 0.25) is 0 Å². The first-order chi connectivity index (χ1) is 8.61. The van der Waals surface area contributed by atoms with E-state index in [1.54, 1.807) is 12.4 Å². The quantitative estimate of drug-likeness (QED) is 0.911. The van der Waals surface area contributed by atoms with Gasteiger partial charge in [0.05, 0.1) is 11.2 Å². The number of aromatic nitrogens is 2. The second-order valence-corrected chi connectivity index (χ2v) is 5.44. The summed E-state index contributed by atoms with van der Waals surface area (Å²) in [7, 11) is 0. The molecule has 0 spiro atoms. The number of halogens is 1. The number of fused-ring (bicyclic) bond motifs is 1. The van der Waals surface area contributed by atoms with Crippen LogP contribution in [0.5, 0.6) is 0 Å². The summed E-state index contributed by atoms with van der Waals surface area (Å²) < 4.78 is 0.933. The van der Waals surface area contributed by atoms with Crippen molar-refractivity contribution in [2.45, 2.75) is 19.9 Å². The van der Waals surface area contributed by atoms with Gasteiger partial charge in [-0.05, 0) is 47.4 Å². The van der Waals surface area contributed by atoms with Gasteiger partial charge in [-0.1, -0.05) is 6.92 Å². The summed E-state index contributed by atoms with van der Waals surface area (Å²) in [6.07, 6.45) is 3.57. The third-order valence-electron chi connectivity index (χ3n) is 3.15. The number of hydrogen-bond donors (Lipinski definition) is 2. The molecule has 4 nitrogen and oxygen atoms in total. The Bertz CT molecular complexity index is 544. The average molecular weight is 309 g/mol. The van der Waals surface area contributed by atoms with Crippen molar-refractivity contribution in [3.8, 4) is 0 Å². The standard InChI is InChI=1S/C13H17BrN4/c1-8(6-15)9(2)18-11-3-4-16-12-5-10(14)7-17-13(11)12/h3-5,7-9H,6,15H2,1-2H3,(H,16,18). The minimum atomic E-state index is 0.297. The summed E-state index contributed by atoms with van der Waals surface area (Å²) in [6.45, 7) is 4.92. The van der Waals surface area contributed by atoms with E-state index < -0.39 is 0 Å². The maximum absolute atomic E-state index is 5.68. The Hall–Kier alpha value is -1.20. The fourth-order valence-corrected chi connectivity index (χ4v) is 2.03. The molecule has 2 aromatic rings. The highest BCUT2D eigenvalue weighted by Gasteiger charge is 2.12. The molecule has 0 saturated carbocycles. The number of nitrogens with one attached hydrogen (secondary N) is 1. The van der Waals surface area contributed by atoms with Crippen molar-refractivity contribution in [3.05, 3.63) is 29.0 Å². The van der Waals surface area contributed by atoms with Crippen molar-refractivity contribution in [1.82, 2.24) is 9.97 Å². The van der Waals surface area contributed by atoms with Gasteiger partial charge in [0.15, 0.2) is 0 Å². The number of pyridine rings is 2. The molecule has 2 aromatic heterocycles. The number of rotatable bonds is 4. The fourth-order valence-electron chi connectivity index (χ4n) is 1.71. The van der Waals surface area contributed by atoms with E-state index in [4.69, 9.17) is 5.73 Å². The number of hydrogen-bond acceptors (Lipinski definition) is 4. The molecule has 2 heterocycles. The van der Waals surface area contributed by atoms with Gasteiger partial charge in [-0.3, -0.25) is 9.97 Å². The van der Waals surface area contributed by atoms with E-state index >= 15 is 0 Å². The zero-order valence-electron chi connectivity index (χ0n) is 10.5. The van der Waals surface area contributed by atoms with Crippen LogP contribution in [-0.4, -0.2) is 22.6 Å². The lowest BCUT2D eigenvalue weighted by Crippen LogP contribution is -2.29. The summed E-state index contributed by atoms with van der Waals surface area (Å²) in [5.41, 5.74) is 8.45. The Morgan fingerprint density at radius 1 is 1.39 bits per heavy atom. The molecule has 0 saturated heterocycles. The van der Waals surface area contributed by atoms with Crippen molar-refractivity contribution in [1.29, 1.82) is 0 Å². The van der Waals surface area contributed by atoms with Gasteiger partial charge in [-0.25, -0.2) is 0 Å². The maximum Gasteiger partial charge on any atom is 0.112 e. The SMILES string of the molecule is CC(CN)C(C)Nc1ccnc2cc(Br)cnc12. The van der Waals surface area contributed by atoms with Crippen molar-refractivity contribution in [2.75, 3.05) is 11.9 Å². The molecule has 0 aliphatic carbocycles. The van der Waals surface area contributed by atoms with Crippen LogP contribution in [0.25, 0.3) is 11.0 Å². The summed E-state index contributed by atoms with van der Waals surface area (Å²) in [5.74, 6) is 0.406. The van der Waals surface area contributed by atoms with E-state index in [-0.39, 0.29) is 0 Å². The third kappa shape index (κ3) is 2.79. The molecular formula is C13H17BrN4. The van der Waals surface area contributed by atoms with Crippen LogP contribution in [0.1, 0.15) is 13.8 Å². The molecule has 0 fully saturated rings. The van der Waals surface area contributed by atoms with Crippen molar-refractivity contribution in [3.63, 3.8) is 0 Å². The van der Waals surface area contributed by atoms with Gasteiger partial charge >= 0.3 is 0 Å². The van der Waals surface area contributed by atoms with Crippen LogP contribution in [-0.2, 0) is 0 Å². The number of anilines is 1. The molecule has 96 valence electrons. The number of nitrogens with zero attached hydrogens (tertiary/aromatic N) is 2. The molecule has 0 aromatic carbocycles. The first kappa shape index (κ1) is 13.2. The van der Waals surface area contributed by atoms with E-state index in [9.17, 15) is 0 Å². The molecule has 0 bridgehead atoms. The highest BCUT2D eigenvalue weighted by atomic mass is 79.9. The zero-order chi connectivity index (χ0) is 13.1. The second kappa shape index (κ2) is 5.63. The van der Waals surface area contributed by atoms with Gasteiger partial charge < -0.3 is 11.1 Å². The predicted molar refractivity (Wildman–Crippen MR) is 78.5 cm³/mol. The fraction of sp³-hybridized carbons (Fsp3) is 0.385. The van der Waals surface area contributed by atoms with Gasteiger partial charge in [0.1, 0.15) is 5.52 Å². The van der Waals surface area contributed by atoms with Crippen molar-refractivity contribution in [2.24, 2.45) is 11.7 Å². The minimum Gasteiger partial charge on any atom is -0.380 e. The Labute approximate surface area is 115 Å². The summed E-state index contributed by atoms with van der Waals surface area (Å²) in [6, 6.07) is 4.21. The third-order valence-corrected chi connectivity index (χ3v) is 3.59. The average Bonchev–Trinajstić information content (AvgIpc) is 2.37. The minimum absolute atomic E-state index is 0.297. The van der Waals surface area contributed by atoms with E-state index in [1.807, 2.05) is 12.1 Å². The summed E-state index contributed by atoms with van der Waals surface area (Å²) in [5, 5.41) is 3.46. The van der Waals surface area contributed by atoms with Gasteiger partial charge in [-0.15, -0.1) is 0 Å². The highest BCUT2D eigenvalue weighted by Crippen LogP contribution is 2.23. The van der Waals surface area contributed by atoms with Crippen LogP contribution in [0, 0.1) is 5.92 Å². The normalized spacial score (nSPS) is 14.4. The Morgan fingerprint density at radius 2 is 2.17 bits per heavy atom. The lowest BCUT2D eigenvalue weighted by Gasteiger charge is -2.21. The molecule has 0 amide bonds. The summed E-state index contributed by atoms with van der Waals surface area (Å²) >= 11 is 3.40. The van der Waals surface area contributed by atoms with E-state index in [1.165, 1.54) is 0 Å². The van der Waals surface area contributed by atoms with Crippen molar-refractivity contribution >= 4 is 32.7 Å². The molecule has 0 aliphatic heterocycles. The molecule has 2 unspecified atom stereocenters. The van der Waals surface area contributed by atoms with Crippen molar-refractivity contribution < 1.29 is 0 Å². The monoisotopic (exact) mass is 308 g/mol. The van der Waals surface area contributed by atoms with Gasteiger partial charge in [-0.2, -0.15) is 0 Å². The van der Waals surface area contributed by atoms with Gasteiger partial charge in [0, 0.05) is 22.9 Å². The first-order valence-electron chi connectivity index (χ1n) is 5.98. The van der Waals surface area contributed by atoms with Crippen LogP contribution in [0.3, 0.4) is 0 Å². The molecule has 0 radical (unpaired) electrons. The molecule has 2 rings (SSSR count). The lowest BCUT2D eigenvalue weighted by atomic mass is 10.0. The maximum atomic E-state index is 5.68. The molecule has 3 N–H and O–H groups in total. The lowest BCUT2D eigenvalue weighted by molar-refractivity contribution is 0.521. The summed E-state index contributed by atoms with van der Waals surface area (Å²) in [4.78, 5) is 8.73. The second-order valence-electron chi connectivity index (χ2n) is 4.53. The highest BCUT2D eigenvalue weighted by molar-refractivity contribution is 9.10. The predicted octanol–water partition coefficient (Wildman–Crippen LogP) is 2.79. The first-order valence-corrected chi connectivity index (χ1v) is 6.78. The number of nitrogens with two attached hydrogens (primary N) is 1. The van der Waals surface area contributed by atoms with E-state index in [0.717, 1.165) is 21.2 Å². The largest absolute Gasteiger partial charge is 0.380 e. The molecule has 2 atom stereocenters. The van der Waals surface area contributed by atoms with E-state index in [2.05, 4.69) is 45.1 Å². The van der Waals surface area contributed by atoms with Gasteiger partial charge in [0.2, 0.25) is 0 Å². The smallest absolute Gasteiger partial charge is 0.112 e. The van der Waals surface area contributed by atoms with Crippen LogP contribution in [0.4, 0.5) is 5.69 Å². The van der Waals surface area contributed by atoms with Gasteiger partial charge in [0.25, 0.3) is 0 Å². The van der Waals surface area contributed by atoms with Crippen LogP contribution < -0.4 is 11.1 Å². The molecule has 18 heavy (non-hydrogen) atoms. The Kier molecular flexibility index (Phi) is 4.14. The van der Waals surface area contributed by atoms with Crippen LogP contribution >= 0.6 is 15.9 Å². The topological polar surface area (TPSA) is 63.8 Å². The van der Waals surface area contributed by atoms with E-state index in [0.29, 0.717) is 18.5 Å². The Balaban J connectivity index is 2.33. The molecule has 5 heteroatoms. The molecule has 0 aliphatic rings. The zero-order valence-corrected chi connectivity index (χ0v) is 12.1. The Morgan fingerprint density at radius 3 is 2.89 bits per heavy atom.